The van der Waals surface area contributed by atoms with E-state index in [1.165, 1.54) is 0 Å². The standard InChI is InChI=1S/C13H10ClN3OS/c14-9-2-1-3-10(6-9)15-12(18)7-11-8-17-4-5-19-13(17)16-11/h1-6,8H,7H2,(H,15,18). The zero-order valence-electron chi connectivity index (χ0n) is 9.84. The molecule has 0 fully saturated rings. The third-order valence-electron chi connectivity index (χ3n) is 2.59. The van der Waals surface area contributed by atoms with Gasteiger partial charge in [-0.25, -0.2) is 4.98 Å². The minimum Gasteiger partial charge on any atom is -0.326 e. The Balaban J connectivity index is 1.69. The summed E-state index contributed by atoms with van der Waals surface area (Å²) >= 11 is 7.41. The van der Waals surface area contributed by atoms with Crippen molar-refractivity contribution in [1.82, 2.24) is 9.38 Å². The number of carbonyl (C=O) groups is 1. The summed E-state index contributed by atoms with van der Waals surface area (Å²) in [7, 11) is 0. The van der Waals surface area contributed by atoms with E-state index in [0.29, 0.717) is 10.7 Å². The largest absolute Gasteiger partial charge is 0.326 e. The number of aromatic nitrogens is 2. The first-order valence-electron chi connectivity index (χ1n) is 5.67. The van der Waals surface area contributed by atoms with Crippen LogP contribution in [0.25, 0.3) is 4.96 Å². The van der Waals surface area contributed by atoms with Gasteiger partial charge in [0.25, 0.3) is 0 Å². The number of thiazole rings is 1. The van der Waals surface area contributed by atoms with Gasteiger partial charge in [0.15, 0.2) is 4.96 Å². The van der Waals surface area contributed by atoms with Crippen molar-refractivity contribution in [3.63, 3.8) is 0 Å². The molecule has 1 aromatic carbocycles. The van der Waals surface area contributed by atoms with Crippen LogP contribution >= 0.6 is 22.9 Å². The normalized spacial score (nSPS) is 10.8. The SMILES string of the molecule is O=C(Cc1cn2ccsc2n1)Nc1cccc(Cl)c1. The van der Waals surface area contributed by atoms with Gasteiger partial charge in [-0.1, -0.05) is 17.7 Å². The average molecular weight is 292 g/mol. The summed E-state index contributed by atoms with van der Waals surface area (Å²) in [4.78, 5) is 17.2. The van der Waals surface area contributed by atoms with Gasteiger partial charge in [-0.15, -0.1) is 11.3 Å². The van der Waals surface area contributed by atoms with Gasteiger partial charge >= 0.3 is 0 Å². The molecule has 0 aliphatic rings. The third-order valence-corrected chi connectivity index (χ3v) is 3.60. The average Bonchev–Trinajstić information content (AvgIpc) is 2.89. The summed E-state index contributed by atoms with van der Waals surface area (Å²) in [6.45, 7) is 0. The molecule has 2 heterocycles. The highest BCUT2D eigenvalue weighted by atomic mass is 35.5. The highest BCUT2D eigenvalue weighted by Gasteiger charge is 2.08. The number of rotatable bonds is 3. The van der Waals surface area contributed by atoms with Crippen molar-refractivity contribution in [2.45, 2.75) is 6.42 Å². The lowest BCUT2D eigenvalue weighted by atomic mass is 10.3. The second kappa shape index (κ2) is 5.03. The van der Waals surface area contributed by atoms with E-state index in [1.807, 2.05) is 22.2 Å². The first-order chi connectivity index (χ1) is 9.20. The van der Waals surface area contributed by atoms with Crippen molar-refractivity contribution in [2.75, 3.05) is 5.32 Å². The van der Waals surface area contributed by atoms with Crippen molar-refractivity contribution >= 4 is 39.5 Å². The minimum absolute atomic E-state index is 0.104. The van der Waals surface area contributed by atoms with E-state index in [1.54, 1.807) is 35.6 Å². The quantitative estimate of drug-likeness (QED) is 0.805. The number of anilines is 1. The van der Waals surface area contributed by atoms with Crippen molar-refractivity contribution in [3.05, 3.63) is 52.8 Å². The van der Waals surface area contributed by atoms with Crippen LogP contribution in [0.2, 0.25) is 5.02 Å². The van der Waals surface area contributed by atoms with Gasteiger partial charge in [-0.05, 0) is 18.2 Å². The number of nitrogens with zero attached hydrogens (tertiary/aromatic N) is 2. The summed E-state index contributed by atoms with van der Waals surface area (Å²) in [6, 6.07) is 7.08. The molecule has 3 aromatic rings. The molecule has 0 saturated heterocycles. The summed E-state index contributed by atoms with van der Waals surface area (Å²) in [5.41, 5.74) is 1.45. The second-order valence-corrected chi connectivity index (χ2v) is 5.37. The van der Waals surface area contributed by atoms with Crippen LogP contribution in [-0.2, 0) is 11.2 Å². The molecule has 19 heavy (non-hydrogen) atoms. The van der Waals surface area contributed by atoms with Crippen LogP contribution in [0.15, 0.2) is 42.0 Å². The molecule has 0 atom stereocenters. The molecule has 6 heteroatoms. The Morgan fingerprint density at radius 1 is 1.47 bits per heavy atom. The molecule has 0 aliphatic heterocycles. The molecule has 0 spiro atoms. The number of halogens is 1. The van der Waals surface area contributed by atoms with Gasteiger partial charge in [0, 0.05) is 28.5 Å². The Hall–Kier alpha value is -1.85. The number of benzene rings is 1. The molecular weight excluding hydrogens is 282 g/mol. The van der Waals surface area contributed by atoms with E-state index in [0.717, 1.165) is 10.7 Å². The molecule has 0 aliphatic carbocycles. The minimum atomic E-state index is -0.104. The van der Waals surface area contributed by atoms with Crippen molar-refractivity contribution in [2.24, 2.45) is 0 Å². The summed E-state index contributed by atoms with van der Waals surface area (Å²) in [5.74, 6) is -0.104. The topological polar surface area (TPSA) is 46.4 Å². The molecule has 1 amide bonds. The maximum atomic E-state index is 11.9. The Bertz CT molecular complexity index is 706. The lowest BCUT2D eigenvalue weighted by Crippen LogP contribution is -2.14. The number of hydrogen-bond donors (Lipinski definition) is 1. The van der Waals surface area contributed by atoms with Crippen LogP contribution in [-0.4, -0.2) is 15.3 Å². The van der Waals surface area contributed by atoms with Crippen molar-refractivity contribution in [3.8, 4) is 0 Å². The Kier molecular flexibility index (Phi) is 3.23. The highest BCUT2D eigenvalue weighted by Crippen LogP contribution is 2.16. The highest BCUT2D eigenvalue weighted by molar-refractivity contribution is 7.15. The molecule has 0 unspecified atom stereocenters. The fourth-order valence-electron chi connectivity index (χ4n) is 1.80. The van der Waals surface area contributed by atoms with E-state index < -0.39 is 0 Å². The Labute approximate surface area is 118 Å². The first kappa shape index (κ1) is 12.2. The maximum absolute atomic E-state index is 11.9. The lowest BCUT2D eigenvalue weighted by molar-refractivity contribution is -0.115. The zero-order valence-corrected chi connectivity index (χ0v) is 11.4. The van der Waals surface area contributed by atoms with Crippen LogP contribution in [0, 0.1) is 0 Å². The number of amides is 1. The van der Waals surface area contributed by atoms with Gasteiger partial charge in [0.05, 0.1) is 12.1 Å². The van der Waals surface area contributed by atoms with Gasteiger partial charge in [-0.3, -0.25) is 9.20 Å². The van der Waals surface area contributed by atoms with Gasteiger partial charge in [0.2, 0.25) is 5.91 Å². The van der Waals surface area contributed by atoms with Crippen molar-refractivity contribution in [1.29, 1.82) is 0 Å². The summed E-state index contributed by atoms with van der Waals surface area (Å²) in [5, 5.41) is 5.35. The predicted octanol–water partition coefficient (Wildman–Crippen LogP) is 3.23. The van der Waals surface area contributed by atoms with E-state index in [9.17, 15) is 4.79 Å². The Morgan fingerprint density at radius 3 is 3.16 bits per heavy atom. The van der Waals surface area contributed by atoms with Crippen LogP contribution in [0.4, 0.5) is 5.69 Å². The molecule has 4 nitrogen and oxygen atoms in total. The number of fused-ring (bicyclic) bond motifs is 1. The number of carbonyl (C=O) groups excluding carboxylic acids is 1. The predicted molar refractivity (Wildman–Crippen MR) is 76.9 cm³/mol. The van der Waals surface area contributed by atoms with E-state index in [2.05, 4.69) is 10.3 Å². The van der Waals surface area contributed by atoms with Crippen LogP contribution in [0.3, 0.4) is 0 Å². The monoisotopic (exact) mass is 291 g/mol. The van der Waals surface area contributed by atoms with Crippen molar-refractivity contribution < 1.29 is 4.79 Å². The van der Waals surface area contributed by atoms with Crippen LogP contribution in [0.5, 0.6) is 0 Å². The smallest absolute Gasteiger partial charge is 0.230 e. The van der Waals surface area contributed by atoms with Gasteiger partial charge in [-0.2, -0.15) is 0 Å². The molecular formula is C13H10ClN3OS. The van der Waals surface area contributed by atoms with Crippen LogP contribution in [0.1, 0.15) is 5.69 Å². The van der Waals surface area contributed by atoms with E-state index in [4.69, 9.17) is 11.6 Å². The lowest BCUT2D eigenvalue weighted by Gasteiger charge is -2.03. The molecule has 2 aromatic heterocycles. The first-order valence-corrected chi connectivity index (χ1v) is 6.93. The number of nitrogens with one attached hydrogen (secondary N) is 1. The maximum Gasteiger partial charge on any atom is 0.230 e. The number of imidazole rings is 1. The summed E-state index contributed by atoms with van der Waals surface area (Å²) < 4.78 is 1.91. The van der Waals surface area contributed by atoms with Gasteiger partial charge in [0.1, 0.15) is 0 Å². The number of hydrogen-bond acceptors (Lipinski definition) is 3. The summed E-state index contributed by atoms with van der Waals surface area (Å²) in [6.07, 6.45) is 4.04. The molecule has 3 rings (SSSR count). The second-order valence-electron chi connectivity index (χ2n) is 4.06. The molecule has 0 bridgehead atoms. The fraction of sp³-hybridized carbons (Fsp3) is 0.0769. The Morgan fingerprint density at radius 2 is 2.37 bits per heavy atom. The van der Waals surface area contributed by atoms with E-state index in [-0.39, 0.29) is 12.3 Å². The zero-order chi connectivity index (χ0) is 13.2. The van der Waals surface area contributed by atoms with E-state index >= 15 is 0 Å². The molecule has 0 radical (unpaired) electrons. The van der Waals surface area contributed by atoms with Gasteiger partial charge < -0.3 is 5.32 Å². The molecule has 0 saturated carbocycles. The van der Waals surface area contributed by atoms with Crippen LogP contribution < -0.4 is 5.32 Å². The molecule has 96 valence electrons. The molecule has 1 N–H and O–H groups in total. The third kappa shape index (κ3) is 2.77. The fourth-order valence-corrected chi connectivity index (χ4v) is 2.71.